The number of hydrogen-bond acceptors (Lipinski definition) is 2. The standard InChI is InChI=1S/C19H27NOSi/c1-6-20(7-2)17-14-11-15-18(21-3)19(17)22(4,5)16-12-9-8-10-13-16/h8-15H,6-7H2,1-5H3. The summed E-state index contributed by atoms with van der Waals surface area (Å²) in [4.78, 5) is 2.43. The summed E-state index contributed by atoms with van der Waals surface area (Å²) in [5.41, 5.74) is 1.32. The largest absolute Gasteiger partial charge is 0.497 e. The predicted molar refractivity (Wildman–Crippen MR) is 99.7 cm³/mol. The maximum absolute atomic E-state index is 5.74. The topological polar surface area (TPSA) is 12.5 Å². The summed E-state index contributed by atoms with van der Waals surface area (Å²) in [6.07, 6.45) is 0. The summed E-state index contributed by atoms with van der Waals surface area (Å²) in [6.45, 7) is 11.3. The SMILES string of the molecule is CCN(CC)c1cccc(OC)c1[Si](C)(C)c1ccccc1. The fourth-order valence-electron chi connectivity index (χ4n) is 3.14. The van der Waals surface area contributed by atoms with E-state index in [0.29, 0.717) is 0 Å². The second-order valence-electron chi connectivity index (χ2n) is 6.02. The first-order chi connectivity index (χ1) is 10.6. The van der Waals surface area contributed by atoms with Crippen molar-refractivity contribution in [2.75, 3.05) is 25.1 Å². The zero-order valence-corrected chi connectivity index (χ0v) is 15.4. The van der Waals surface area contributed by atoms with E-state index in [1.54, 1.807) is 7.11 Å². The molecule has 22 heavy (non-hydrogen) atoms. The van der Waals surface area contributed by atoms with Crippen molar-refractivity contribution in [3.8, 4) is 5.75 Å². The van der Waals surface area contributed by atoms with Crippen LogP contribution < -0.4 is 20.0 Å². The average molecular weight is 314 g/mol. The molecule has 118 valence electrons. The van der Waals surface area contributed by atoms with Crippen molar-refractivity contribution >= 4 is 24.1 Å². The Morgan fingerprint density at radius 3 is 2.09 bits per heavy atom. The highest BCUT2D eigenvalue weighted by molar-refractivity contribution is 7.01. The Bertz CT molecular complexity index is 606. The van der Waals surface area contributed by atoms with E-state index >= 15 is 0 Å². The van der Waals surface area contributed by atoms with Gasteiger partial charge in [-0.2, -0.15) is 0 Å². The molecule has 2 nitrogen and oxygen atoms in total. The van der Waals surface area contributed by atoms with Gasteiger partial charge in [0.15, 0.2) is 0 Å². The van der Waals surface area contributed by atoms with Crippen molar-refractivity contribution in [3.63, 3.8) is 0 Å². The highest BCUT2D eigenvalue weighted by atomic mass is 28.3. The van der Waals surface area contributed by atoms with E-state index in [2.05, 4.69) is 80.4 Å². The molecule has 0 spiro atoms. The van der Waals surface area contributed by atoms with Crippen LogP contribution in [0.4, 0.5) is 5.69 Å². The average Bonchev–Trinajstić information content (AvgIpc) is 2.56. The Hall–Kier alpha value is -1.74. The van der Waals surface area contributed by atoms with E-state index in [9.17, 15) is 0 Å². The van der Waals surface area contributed by atoms with Gasteiger partial charge in [0, 0.05) is 24.0 Å². The first-order valence-electron chi connectivity index (χ1n) is 8.04. The third kappa shape index (κ3) is 3.04. The second-order valence-corrected chi connectivity index (χ2v) is 10.3. The van der Waals surface area contributed by atoms with Gasteiger partial charge in [-0.25, -0.2) is 0 Å². The monoisotopic (exact) mass is 313 g/mol. The summed E-state index contributed by atoms with van der Waals surface area (Å²) in [6, 6.07) is 17.3. The van der Waals surface area contributed by atoms with Gasteiger partial charge in [-0.05, 0) is 26.0 Å². The number of nitrogens with zero attached hydrogens (tertiary/aromatic N) is 1. The van der Waals surface area contributed by atoms with Gasteiger partial charge in [0.2, 0.25) is 0 Å². The second kappa shape index (κ2) is 7.01. The number of benzene rings is 2. The minimum absolute atomic E-state index is 1.01. The molecule has 0 N–H and O–H groups in total. The highest BCUT2D eigenvalue weighted by Gasteiger charge is 2.32. The molecule has 0 amide bonds. The van der Waals surface area contributed by atoms with Gasteiger partial charge in [-0.3, -0.25) is 0 Å². The van der Waals surface area contributed by atoms with Crippen molar-refractivity contribution in [1.29, 1.82) is 0 Å². The molecular formula is C19H27NOSi. The van der Waals surface area contributed by atoms with E-state index in [1.165, 1.54) is 16.1 Å². The van der Waals surface area contributed by atoms with Crippen LogP contribution in [-0.4, -0.2) is 28.3 Å². The molecule has 0 atom stereocenters. The van der Waals surface area contributed by atoms with Gasteiger partial charge in [0.05, 0.1) is 7.11 Å². The molecule has 0 heterocycles. The maximum atomic E-state index is 5.74. The van der Waals surface area contributed by atoms with Crippen molar-refractivity contribution in [2.45, 2.75) is 26.9 Å². The van der Waals surface area contributed by atoms with Gasteiger partial charge in [0.25, 0.3) is 0 Å². The van der Waals surface area contributed by atoms with Gasteiger partial charge in [-0.15, -0.1) is 0 Å². The Kier molecular flexibility index (Phi) is 5.30. The quantitative estimate of drug-likeness (QED) is 0.758. The van der Waals surface area contributed by atoms with Crippen LogP contribution in [0.25, 0.3) is 0 Å². The van der Waals surface area contributed by atoms with Crippen molar-refractivity contribution in [3.05, 3.63) is 48.5 Å². The summed E-state index contributed by atoms with van der Waals surface area (Å²) in [7, 11) is -0.0495. The molecule has 2 rings (SSSR count). The lowest BCUT2D eigenvalue weighted by Crippen LogP contribution is -2.55. The summed E-state index contributed by atoms with van der Waals surface area (Å²) < 4.78 is 5.74. The van der Waals surface area contributed by atoms with E-state index in [0.717, 1.165) is 18.8 Å². The molecule has 0 unspecified atom stereocenters. The molecule has 0 bridgehead atoms. The Labute approximate surface area is 135 Å². The predicted octanol–water partition coefficient (Wildman–Crippen LogP) is 3.36. The number of hydrogen-bond donors (Lipinski definition) is 0. The third-order valence-corrected chi connectivity index (χ3v) is 7.98. The van der Waals surface area contributed by atoms with Gasteiger partial charge in [0.1, 0.15) is 13.8 Å². The lowest BCUT2D eigenvalue weighted by atomic mass is 10.2. The van der Waals surface area contributed by atoms with Crippen molar-refractivity contribution < 1.29 is 4.74 Å². The van der Waals surface area contributed by atoms with E-state index in [-0.39, 0.29) is 0 Å². The van der Waals surface area contributed by atoms with Crippen LogP contribution in [0.1, 0.15) is 13.8 Å². The lowest BCUT2D eigenvalue weighted by molar-refractivity contribution is 0.418. The minimum atomic E-state index is -1.83. The zero-order chi connectivity index (χ0) is 16.2. The summed E-state index contributed by atoms with van der Waals surface area (Å²) in [5.74, 6) is 1.02. The van der Waals surface area contributed by atoms with Gasteiger partial charge < -0.3 is 9.64 Å². The number of methoxy groups -OCH3 is 1. The minimum Gasteiger partial charge on any atom is -0.497 e. The molecule has 0 saturated heterocycles. The molecule has 3 heteroatoms. The molecule has 0 radical (unpaired) electrons. The van der Waals surface area contributed by atoms with Crippen LogP contribution in [0, 0.1) is 0 Å². The van der Waals surface area contributed by atoms with Crippen LogP contribution in [0.3, 0.4) is 0 Å². The van der Waals surface area contributed by atoms with Crippen LogP contribution in [0.15, 0.2) is 48.5 Å². The third-order valence-electron chi connectivity index (χ3n) is 4.45. The zero-order valence-electron chi connectivity index (χ0n) is 14.4. The molecule has 0 aliphatic carbocycles. The first-order valence-corrected chi connectivity index (χ1v) is 11.0. The molecule has 0 aliphatic heterocycles. The molecule has 0 aliphatic rings. The molecule has 2 aromatic carbocycles. The number of rotatable bonds is 6. The van der Waals surface area contributed by atoms with Crippen LogP contribution in [0.5, 0.6) is 5.75 Å². The van der Waals surface area contributed by atoms with Crippen molar-refractivity contribution in [2.24, 2.45) is 0 Å². The Morgan fingerprint density at radius 1 is 0.909 bits per heavy atom. The maximum Gasteiger partial charge on any atom is 0.120 e. The Morgan fingerprint density at radius 2 is 1.55 bits per heavy atom. The van der Waals surface area contributed by atoms with Crippen LogP contribution >= 0.6 is 0 Å². The fourth-order valence-corrected chi connectivity index (χ4v) is 6.14. The van der Waals surface area contributed by atoms with E-state index < -0.39 is 8.07 Å². The summed E-state index contributed by atoms with van der Waals surface area (Å²) >= 11 is 0. The van der Waals surface area contributed by atoms with E-state index in [4.69, 9.17) is 4.74 Å². The number of anilines is 1. The fraction of sp³-hybridized carbons (Fsp3) is 0.368. The van der Waals surface area contributed by atoms with E-state index in [1.807, 2.05) is 0 Å². The van der Waals surface area contributed by atoms with Crippen LogP contribution in [0.2, 0.25) is 13.1 Å². The number of ether oxygens (including phenoxy) is 1. The molecule has 0 aromatic heterocycles. The molecular weight excluding hydrogens is 286 g/mol. The van der Waals surface area contributed by atoms with Gasteiger partial charge >= 0.3 is 0 Å². The summed E-state index contributed by atoms with van der Waals surface area (Å²) in [5, 5.41) is 2.83. The molecule has 0 fully saturated rings. The Balaban J connectivity index is 2.66. The molecule has 2 aromatic rings. The normalized spacial score (nSPS) is 11.3. The first kappa shape index (κ1) is 16.6. The molecule has 0 saturated carbocycles. The highest BCUT2D eigenvalue weighted by Crippen LogP contribution is 2.24. The van der Waals surface area contributed by atoms with Crippen molar-refractivity contribution in [1.82, 2.24) is 0 Å². The van der Waals surface area contributed by atoms with Crippen LogP contribution in [-0.2, 0) is 0 Å². The van der Waals surface area contributed by atoms with Gasteiger partial charge in [-0.1, -0.05) is 54.7 Å². The lowest BCUT2D eigenvalue weighted by Gasteiger charge is -2.33. The smallest absolute Gasteiger partial charge is 0.120 e.